The zero-order chi connectivity index (χ0) is 23.5. The number of carboxylic acid groups (broad SMARTS) is 1. The van der Waals surface area contributed by atoms with E-state index < -0.39 is 47.1 Å². The fraction of sp³-hybridized carbons (Fsp3) is 0.421. The lowest BCUT2D eigenvalue weighted by Crippen LogP contribution is -2.47. The number of benzene rings is 1. The van der Waals surface area contributed by atoms with Gasteiger partial charge in [-0.1, -0.05) is 0 Å². The van der Waals surface area contributed by atoms with Gasteiger partial charge in [0.2, 0.25) is 5.43 Å². The number of pyridine rings is 1. The molecule has 2 unspecified atom stereocenters. The second kappa shape index (κ2) is 7.28. The van der Waals surface area contributed by atoms with E-state index in [1.54, 1.807) is 14.0 Å². The van der Waals surface area contributed by atoms with Crippen molar-refractivity contribution in [2.24, 2.45) is 0 Å². The van der Waals surface area contributed by atoms with Crippen molar-refractivity contribution in [3.8, 4) is 5.75 Å². The van der Waals surface area contributed by atoms with Crippen molar-refractivity contribution < 1.29 is 37.0 Å². The highest BCUT2D eigenvalue weighted by Crippen LogP contribution is 2.42. The van der Waals surface area contributed by atoms with Crippen LogP contribution in [-0.2, 0) is 4.79 Å². The summed E-state index contributed by atoms with van der Waals surface area (Å²) in [6.45, 7) is 1.64. The van der Waals surface area contributed by atoms with Gasteiger partial charge in [-0.05, 0) is 19.4 Å². The van der Waals surface area contributed by atoms with E-state index in [2.05, 4.69) is 0 Å². The standard InChI is InChI=1S/C19H18F4N4O5/c1-8-25(2)27-7-11(17(29)30)15(28)10-5-12(20)14(16(32-8)13(10)27)26-4-3-9(6-26)24-18(31)19(21,22)23/h5,7-9H,3-4,6H2,1-2H3,(H,24,31)(H,29,30). The molecule has 9 nitrogen and oxygen atoms in total. The number of anilines is 1. The molecule has 2 N–H and O–H groups in total. The number of hydrogen-bond donors (Lipinski definition) is 2. The highest BCUT2D eigenvalue weighted by Gasteiger charge is 2.41. The number of carbonyl (C=O) groups is 2. The second-order valence-corrected chi connectivity index (χ2v) is 7.65. The van der Waals surface area contributed by atoms with Gasteiger partial charge in [-0.2, -0.15) is 13.2 Å². The molecule has 1 aromatic heterocycles. The molecule has 172 valence electrons. The highest BCUT2D eigenvalue weighted by atomic mass is 19.4. The van der Waals surface area contributed by atoms with Gasteiger partial charge >= 0.3 is 18.1 Å². The molecule has 1 saturated heterocycles. The molecule has 2 atom stereocenters. The van der Waals surface area contributed by atoms with E-state index in [-0.39, 0.29) is 41.9 Å². The number of aromatic nitrogens is 1. The Hall–Kier alpha value is -3.51. The SMILES string of the molecule is CC1Oc2c(N3CCC(NC(=O)C(F)(F)F)C3)c(F)cc3c(=O)c(C(=O)O)cn(c23)N1C. The van der Waals surface area contributed by atoms with E-state index in [0.717, 1.165) is 12.3 Å². The Labute approximate surface area is 177 Å². The van der Waals surface area contributed by atoms with Crippen LogP contribution in [0.1, 0.15) is 23.7 Å². The summed E-state index contributed by atoms with van der Waals surface area (Å²) in [6, 6.07) is 0.0283. The van der Waals surface area contributed by atoms with Crippen molar-refractivity contribution in [1.82, 2.24) is 9.99 Å². The maximum absolute atomic E-state index is 15.2. The smallest absolute Gasteiger partial charge is 0.471 e. The number of nitrogens with zero attached hydrogens (tertiary/aromatic N) is 3. The number of ether oxygens (including phenoxy) is 1. The molecule has 0 bridgehead atoms. The second-order valence-electron chi connectivity index (χ2n) is 7.65. The normalized spacial score (nSPS) is 20.4. The number of halogens is 4. The van der Waals surface area contributed by atoms with Gasteiger partial charge in [0, 0.05) is 32.4 Å². The first-order chi connectivity index (χ1) is 14.9. The Balaban J connectivity index is 1.81. The number of rotatable bonds is 3. The molecule has 0 spiro atoms. The first kappa shape index (κ1) is 21.7. The lowest BCUT2D eigenvalue weighted by molar-refractivity contribution is -0.174. The van der Waals surface area contributed by atoms with Gasteiger partial charge in [-0.15, -0.1) is 0 Å². The maximum atomic E-state index is 15.2. The molecule has 2 aliphatic heterocycles. The summed E-state index contributed by atoms with van der Waals surface area (Å²) in [5.74, 6) is -4.46. The van der Waals surface area contributed by atoms with Gasteiger partial charge < -0.3 is 20.1 Å². The topological polar surface area (TPSA) is 104 Å². The predicted molar refractivity (Wildman–Crippen MR) is 104 cm³/mol. The third kappa shape index (κ3) is 3.37. The number of nitrogens with one attached hydrogen (secondary N) is 1. The van der Waals surface area contributed by atoms with Crippen molar-refractivity contribution in [2.45, 2.75) is 31.8 Å². The van der Waals surface area contributed by atoms with Crippen LogP contribution < -0.4 is 25.4 Å². The van der Waals surface area contributed by atoms with Crippen molar-refractivity contribution in [2.75, 3.05) is 30.0 Å². The third-order valence-corrected chi connectivity index (χ3v) is 5.63. The molecule has 1 amide bonds. The van der Waals surface area contributed by atoms with E-state index in [4.69, 9.17) is 4.74 Å². The van der Waals surface area contributed by atoms with E-state index in [1.165, 1.54) is 14.6 Å². The summed E-state index contributed by atoms with van der Waals surface area (Å²) in [6.07, 6.45) is -4.46. The fourth-order valence-electron chi connectivity index (χ4n) is 3.98. The summed E-state index contributed by atoms with van der Waals surface area (Å²) >= 11 is 0. The molecule has 1 aromatic carbocycles. The first-order valence-electron chi connectivity index (χ1n) is 9.57. The zero-order valence-electron chi connectivity index (χ0n) is 16.9. The number of alkyl halides is 3. The quantitative estimate of drug-likeness (QED) is 0.671. The van der Waals surface area contributed by atoms with Gasteiger partial charge in [-0.3, -0.25) is 19.3 Å². The van der Waals surface area contributed by atoms with E-state index >= 15 is 4.39 Å². The molecule has 4 rings (SSSR count). The van der Waals surface area contributed by atoms with Crippen LogP contribution in [0.5, 0.6) is 5.75 Å². The Morgan fingerprint density at radius 3 is 2.62 bits per heavy atom. The molecular weight excluding hydrogens is 440 g/mol. The van der Waals surface area contributed by atoms with Gasteiger partial charge in [0.15, 0.2) is 17.8 Å². The van der Waals surface area contributed by atoms with Crippen molar-refractivity contribution in [3.05, 3.63) is 33.9 Å². The summed E-state index contributed by atoms with van der Waals surface area (Å²) in [4.78, 5) is 36.8. The number of aromatic carboxylic acids is 1. The molecule has 32 heavy (non-hydrogen) atoms. The number of hydrogen-bond acceptors (Lipinski definition) is 6. The largest absolute Gasteiger partial charge is 0.477 e. The van der Waals surface area contributed by atoms with Gasteiger partial charge in [0.1, 0.15) is 16.8 Å². The monoisotopic (exact) mass is 458 g/mol. The average molecular weight is 458 g/mol. The molecule has 0 radical (unpaired) electrons. The minimum Gasteiger partial charge on any atom is -0.477 e. The van der Waals surface area contributed by atoms with Crippen LogP contribution in [0.3, 0.4) is 0 Å². The fourth-order valence-corrected chi connectivity index (χ4v) is 3.98. The summed E-state index contributed by atoms with van der Waals surface area (Å²) in [5, 5.41) is 12.6. The van der Waals surface area contributed by atoms with Gasteiger partial charge in [0.05, 0.1) is 5.39 Å². The Kier molecular flexibility index (Phi) is 4.94. The summed E-state index contributed by atoms with van der Waals surface area (Å²) in [7, 11) is 1.59. The zero-order valence-corrected chi connectivity index (χ0v) is 16.9. The molecule has 0 aliphatic carbocycles. The Bertz CT molecular complexity index is 1200. The average Bonchev–Trinajstić information content (AvgIpc) is 3.14. The number of amides is 1. The van der Waals surface area contributed by atoms with Crippen LogP contribution >= 0.6 is 0 Å². The minimum absolute atomic E-state index is 0.0255. The van der Waals surface area contributed by atoms with E-state index in [0.29, 0.717) is 0 Å². The van der Waals surface area contributed by atoms with Crippen LogP contribution in [0, 0.1) is 5.82 Å². The molecule has 1 fully saturated rings. The summed E-state index contributed by atoms with van der Waals surface area (Å²) in [5.41, 5.74) is -1.37. The Morgan fingerprint density at radius 1 is 1.31 bits per heavy atom. The first-order valence-corrected chi connectivity index (χ1v) is 9.57. The van der Waals surface area contributed by atoms with Crippen LogP contribution in [0.15, 0.2) is 17.1 Å². The van der Waals surface area contributed by atoms with E-state index in [1.807, 2.05) is 5.32 Å². The predicted octanol–water partition coefficient (Wildman–Crippen LogP) is 1.40. The molecule has 0 saturated carbocycles. The van der Waals surface area contributed by atoms with Crippen molar-refractivity contribution in [3.63, 3.8) is 0 Å². The molecular formula is C19H18F4N4O5. The van der Waals surface area contributed by atoms with Crippen molar-refractivity contribution in [1.29, 1.82) is 0 Å². The van der Waals surface area contributed by atoms with Gasteiger partial charge in [0.25, 0.3) is 0 Å². The Morgan fingerprint density at radius 2 is 2.00 bits per heavy atom. The van der Waals surface area contributed by atoms with Crippen LogP contribution in [0.25, 0.3) is 10.9 Å². The third-order valence-electron chi connectivity index (χ3n) is 5.63. The van der Waals surface area contributed by atoms with E-state index in [9.17, 15) is 32.7 Å². The number of carboxylic acids is 1. The van der Waals surface area contributed by atoms with Crippen LogP contribution in [-0.4, -0.2) is 60.2 Å². The van der Waals surface area contributed by atoms with Crippen molar-refractivity contribution >= 4 is 28.5 Å². The van der Waals surface area contributed by atoms with Crippen LogP contribution in [0.2, 0.25) is 0 Å². The number of carbonyl (C=O) groups excluding carboxylic acids is 1. The summed E-state index contributed by atoms with van der Waals surface area (Å²) < 4.78 is 60.1. The molecule has 2 aromatic rings. The van der Waals surface area contributed by atoms with Crippen LogP contribution in [0.4, 0.5) is 23.2 Å². The minimum atomic E-state index is -5.03. The molecule has 2 aliphatic rings. The lowest BCUT2D eigenvalue weighted by atomic mass is 10.1. The lowest BCUT2D eigenvalue weighted by Gasteiger charge is -2.37. The molecule has 3 heterocycles. The highest BCUT2D eigenvalue weighted by molar-refractivity contribution is 5.97. The molecule has 13 heteroatoms. The maximum Gasteiger partial charge on any atom is 0.471 e. The van der Waals surface area contributed by atoms with Gasteiger partial charge in [-0.25, -0.2) is 9.18 Å².